The van der Waals surface area contributed by atoms with Crippen LogP contribution in [-0.4, -0.2) is 42.5 Å². The topological polar surface area (TPSA) is 101 Å². The minimum absolute atomic E-state index is 0.0859. The maximum Gasteiger partial charge on any atom is 0.331 e. The van der Waals surface area contributed by atoms with E-state index in [1.54, 1.807) is 0 Å². The average Bonchev–Trinajstić information content (AvgIpc) is 2.80. The van der Waals surface area contributed by atoms with E-state index in [1.165, 1.54) is 13.0 Å². The fraction of sp³-hybridized carbons (Fsp3) is 0.273. The Balaban J connectivity index is 2.51. The van der Waals surface area contributed by atoms with Crippen molar-refractivity contribution < 1.29 is 23.8 Å². The van der Waals surface area contributed by atoms with Crippen LogP contribution < -0.4 is 0 Å². The Morgan fingerprint density at radius 1 is 1.35 bits per heavy atom. The number of nitrogens with zero attached hydrogens (tertiary/aromatic N) is 4. The third kappa shape index (κ3) is 2.48. The third-order valence-electron chi connectivity index (χ3n) is 2.64. The normalized spacial score (nSPS) is 14.0. The van der Waals surface area contributed by atoms with Gasteiger partial charge < -0.3 is 10.2 Å². The molecule has 0 saturated carbocycles. The molecule has 2 aromatic rings. The van der Waals surface area contributed by atoms with Crippen LogP contribution in [-0.2, 0) is 4.79 Å². The summed E-state index contributed by atoms with van der Waals surface area (Å²) in [6.45, 7) is 1.26. The first-order valence-corrected chi connectivity index (χ1v) is 5.56. The molecule has 2 N–H and O–H groups in total. The molecule has 2 atom stereocenters. The summed E-state index contributed by atoms with van der Waals surface area (Å²) >= 11 is 0. The molecule has 9 heteroatoms. The number of hydrogen-bond acceptors (Lipinski definition) is 5. The molecule has 1 aromatic heterocycles. The second-order valence-corrected chi connectivity index (χ2v) is 4.10. The van der Waals surface area contributed by atoms with Gasteiger partial charge in [0.2, 0.25) is 0 Å². The molecule has 0 amide bonds. The van der Waals surface area contributed by atoms with E-state index in [-0.39, 0.29) is 11.4 Å². The summed E-state index contributed by atoms with van der Waals surface area (Å²) in [6, 6.07) is 1.50. The fourth-order valence-electron chi connectivity index (χ4n) is 1.72. The van der Waals surface area contributed by atoms with Crippen LogP contribution in [0.1, 0.15) is 13.0 Å². The second kappa shape index (κ2) is 5.29. The maximum atomic E-state index is 13.2. The fourth-order valence-corrected chi connectivity index (χ4v) is 1.72. The molecule has 1 aromatic carbocycles. The van der Waals surface area contributed by atoms with Crippen molar-refractivity contribution in [1.29, 1.82) is 0 Å². The van der Waals surface area contributed by atoms with E-state index in [1.807, 2.05) is 0 Å². The van der Waals surface area contributed by atoms with E-state index in [0.717, 1.165) is 16.8 Å². The van der Waals surface area contributed by atoms with Crippen molar-refractivity contribution in [3.8, 4) is 11.4 Å². The van der Waals surface area contributed by atoms with Gasteiger partial charge >= 0.3 is 5.97 Å². The first-order chi connectivity index (χ1) is 9.41. The lowest BCUT2D eigenvalue weighted by molar-refractivity contribution is -0.144. The molecular weight excluding hydrogens is 274 g/mol. The molecule has 0 bridgehead atoms. The van der Waals surface area contributed by atoms with Gasteiger partial charge in [-0.25, -0.2) is 18.3 Å². The van der Waals surface area contributed by atoms with Crippen LogP contribution in [0.2, 0.25) is 0 Å². The van der Waals surface area contributed by atoms with Crippen LogP contribution in [0.25, 0.3) is 11.4 Å². The lowest BCUT2D eigenvalue weighted by Gasteiger charge is -2.16. The number of carboxylic acid groups (broad SMARTS) is 1. The number of carboxylic acids is 1. The number of aromatic nitrogens is 4. The van der Waals surface area contributed by atoms with Gasteiger partial charge in [0.15, 0.2) is 23.5 Å². The second-order valence-electron chi connectivity index (χ2n) is 4.10. The number of aliphatic hydroxyl groups is 1. The number of rotatable bonds is 4. The highest BCUT2D eigenvalue weighted by Gasteiger charge is 2.29. The van der Waals surface area contributed by atoms with E-state index in [4.69, 9.17) is 5.11 Å². The molecule has 0 aliphatic carbocycles. The molecule has 1 heterocycles. The smallest absolute Gasteiger partial charge is 0.331 e. The van der Waals surface area contributed by atoms with Gasteiger partial charge in [-0.05, 0) is 35.5 Å². The molecule has 0 saturated heterocycles. The Morgan fingerprint density at radius 3 is 2.60 bits per heavy atom. The van der Waals surface area contributed by atoms with Gasteiger partial charge in [0.25, 0.3) is 0 Å². The van der Waals surface area contributed by atoms with Gasteiger partial charge in [-0.1, -0.05) is 0 Å². The number of benzene rings is 1. The number of aliphatic hydroxyl groups excluding tert-OH is 1. The van der Waals surface area contributed by atoms with E-state index >= 15 is 0 Å². The predicted octanol–water partition coefficient (Wildman–Crippen LogP) is 0.625. The lowest BCUT2D eigenvalue weighted by atomic mass is 10.1. The molecule has 0 fully saturated rings. The van der Waals surface area contributed by atoms with Crippen molar-refractivity contribution in [2.45, 2.75) is 19.1 Å². The summed E-state index contributed by atoms with van der Waals surface area (Å²) in [6.07, 6.45) is -1.28. The van der Waals surface area contributed by atoms with Gasteiger partial charge in [0.05, 0.1) is 6.10 Å². The summed E-state index contributed by atoms with van der Waals surface area (Å²) in [5.74, 6) is -3.59. The molecule has 0 spiro atoms. The zero-order valence-corrected chi connectivity index (χ0v) is 10.2. The monoisotopic (exact) mass is 284 g/mol. The minimum atomic E-state index is -1.44. The molecule has 2 unspecified atom stereocenters. The molecule has 0 aliphatic heterocycles. The van der Waals surface area contributed by atoms with Crippen molar-refractivity contribution in [3.63, 3.8) is 0 Å². The van der Waals surface area contributed by atoms with Gasteiger partial charge in [0, 0.05) is 5.56 Å². The SMILES string of the molecule is CC(O)C(C(=O)O)n1nnnc1-c1ccc(F)c(F)c1. The molecule has 20 heavy (non-hydrogen) atoms. The highest BCUT2D eigenvalue weighted by molar-refractivity contribution is 5.73. The molecule has 106 valence electrons. The summed E-state index contributed by atoms with van der Waals surface area (Å²) in [4.78, 5) is 11.1. The first-order valence-electron chi connectivity index (χ1n) is 5.56. The standard InChI is InChI=1S/C11H10F2N4O3/c1-5(18)9(11(19)20)17-10(14-15-16-17)6-2-3-7(12)8(13)4-6/h2-5,9,18H,1H3,(H,19,20). The summed E-state index contributed by atoms with van der Waals surface area (Å²) in [5.41, 5.74) is 0.0980. The zero-order valence-electron chi connectivity index (χ0n) is 10.2. The Kier molecular flexibility index (Phi) is 3.70. The molecule has 0 aliphatic rings. The molecule has 2 rings (SSSR count). The van der Waals surface area contributed by atoms with Crippen molar-refractivity contribution in [2.75, 3.05) is 0 Å². The zero-order chi connectivity index (χ0) is 14.9. The number of aliphatic carboxylic acids is 1. The van der Waals surface area contributed by atoms with Crippen molar-refractivity contribution in [2.24, 2.45) is 0 Å². The third-order valence-corrected chi connectivity index (χ3v) is 2.64. The highest BCUT2D eigenvalue weighted by atomic mass is 19.2. The average molecular weight is 284 g/mol. The highest BCUT2D eigenvalue weighted by Crippen LogP contribution is 2.22. The Morgan fingerprint density at radius 2 is 2.05 bits per heavy atom. The van der Waals surface area contributed by atoms with Gasteiger partial charge in [-0.15, -0.1) is 5.10 Å². The van der Waals surface area contributed by atoms with Gasteiger partial charge in [0.1, 0.15) is 0 Å². The van der Waals surface area contributed by atoms with E-state index in [0.29, 0.717) is 0 Å². The van der Waals surface area contributed by atoms with Crippen LogP contribution in [0.15, 0.2) is 18.2 Å². The summed E-state index contributed by atoms with van der Waals surface area (Å²) in [5, 5.41) is 28.9. The summed E-state index contributed by atoms with van der Waals surface area (Å²) < 4.78 is 26.9. The number of carbonyl (C=O) groups is 1. The number of hydrogen-bond donors (Lipinski definition) is 2. The Labute approximate surface area is 111 Å². The Hall–Kier alpha value is -2.42. The van der Waals surface area contributed by atoms with Crippen LogP contribution in [0.5, 0.6) is 0 Å². The van der Waals surface area contributed by atoms with E-state index < -0.39 is 29.7 Å². The van der Waals surface area contributed by atoms with Crippen LogP contribution in [0.4, 0.5) is 8.78 Å². The van der Waals surface area contributed by atoms with Crippen molar-refractivity contribution >= 4 is 5.97 Å². The van der Waals surface area contributed by atoms with E-state index in [2.05, 4.69) is 15.5 Å². The summed E-state index contributed by atoms with van der Waals surface area (Å²) in [7, 11) is 0. The van der Waals surface area contributed by atoms with Crippen LogP contribution in [0.3, 0.4) is 0 Å². The van der Waals surface area contributed by atoms with Crippen molar-refractivity contribution in [1.82, 2.24) is 20.2 Å². The number of tetrazole rings is 1. The predicted molar refractivity (Wildman–Crippen MR) is 61.5 cm³/mol. The van der Waals surface area contributed by atoms with Gasteiger partial charge in [-0.2, -0.15) is 0 Å². The minimum Gasteiger partial charge on any atom is -0.480 e. The quantitative estimate of drug-likeness (QED) is 0.853. The lowest BCUT2D eigenvalue weighted by Crippen LogP contribution is -2.30. The number of halogens is 2. The van der Waals surface area contributed by atoms with E-state index in [9.17, 15) is 18.7 Å². The van der Waals surface area contributed by atoms with Crippen LogP contribution in [0, 0.1) is 11.6 Å². The van der Waals surface area contributed by atoms with Crippen molar-refractivity contribution in [3.05, 3.63) is 29.8 Å². The van der Waals surface area contributed by atoms with Gasteiger partial charge in [-0.3, -0.25) is 0 Å². The largest absolute Gasteiger partial charge is 0.480 e. The first kappa shape index (κ1) is 14.0. The Bertz CT molecular complexity index is 644. The maximum absolute atomic E-state index is 13.2. The van der Waals surface area contributed by atoms with Crippen LogP contribution >= 0.6 is 0 Å². The molecular formula is C11H10F2N4O3. The molecule has 0 radical (unpaired) electrons. The molecule has 7 nitrogen and oxygen atoms in total.